The summed E-state index contributed by atoms with van der Waals surface area (Å²) in [5.41, 5.74) is 5.58. The monoisotopic (exact) mass is 225 g/mol. The summed E-state index contributed by atoms with van der Waals surface area (Å²) >= 11 is 0. The van der Waals surface area contributed by atoms with E-state index in [2.05, 4.69) is 20.4 Å². The Hall–Kier alpha value is -0.630. The molecule has 0 heterocycles. The van der Waals surface area contributed by atoms with Crippen LogP contribution in [-0.2, 0) is 4.79 Å². The average Bonchev–Trinajstić information content (AvgIpc) is 2.24. The van der Waals surface area contributed by atoms with E-state index in [0.717, 1.165) is 38.6 Å². The summed E-state index contributed by atoms with van der Waals surface area (Å²) in [6.07, 6.45) is 7.24. The fourth-order valence-electron chi connectivity index (χ4n) is 1.94. The Morgan fingerprint density at radius 2 is 2.00 bits per heavy atom. The Labute approximate surface area is 100 Å². The highest BCUT2D eigenvalue weighted by Crippen LogP contribution is 2.21. The lowest BCUT2D eigenvalue weighted by Gasteiger charge is -2.19. The van der Waals surface area contributed by atoms with Crippen molar-refractivity contribution >= 4 is 5.78 Å². The van der Waals surface area contributed by atoms with Gasteiger partial charge in [0.05, 0.1) is 0 Å². The van der Waals surface area contributed by atoms with Crippen molar-refractivity contribution in [3.8, 4) is 0 Å². The Balaban J connectivity index is 3.73. The maximum atomic E-state index is 11.6. The first-order valence-electron chi connectivity index (χ1n) is 6.44. The second-order valence-electron chi connectivity index (χ2n) is 4.84. The van der Waals surface area contributed by atoms with Crippen molar-refractivity contribution in [3.63, 3.8) is 0 Å². The molecule has 0 bridgehead atoms. The van der Waals surface area contributed by atoms with Gasteiger partial charge in [0.2, 0.25) is 0 Å². The number of carbonyl (C=O) groups excluding carboxylic acids is 1. The molecular formula is C14H27NO. The topological polar surface area (TPSA) is 43.1 Å². The van der Waals surface area contributed by atoms with Crippen LogP contribution in [0.3, 0.4) is 0 Å². The number of nitrogens with two attached hydrogens (primary N) is 1. The van der Waals surface area contributed by atoms with Gasteiger partial charge < -0.3 is 5.73 Å². The van der Waals surface area contributed by atoms with Gasteiger partial charge in [0.25, 0.3) is 0 Å². The van der Waals surface area contributed by atoms with Gasteiger partial charge >= 0.3 is 0 Å². The van der Waals surface area contributed by atoms with Crippen molar-refractivity contribution < 1.29 is 4.79 Å². The predicted octanol–water partition coefficient (Wildman–Crippen LogP) is 3.31. The Morgan fingerprint density at radius 1 is 1.31 bits per heavy atom. The van der Waals surface area contributed by atoms with E-state index < -0.39 is 0 Å². The van der Waals surface area contributed by atoms with Crippen molar-refractivity contribution in [3.05, 3.63) is 12.7 Å². The minimum Gasteiger partial charge on any atom is -0.330 e. The molecule has 0 aliphatic heterocycles. The van der Waals surface area contributed by atoms with E-state index >= 15 is 0 Å². The molecule has 0 aromatic heterocycles. The molecule has 0 saturated carbocycles. The van der Waals surface area contributed by atoms with Gasteiger partial charge in [-0.2, -0.15) is 0 Å². The fourth-order valence-corrected chi connectivity index (χ4v) is 1.94. The molecule has 2 N–H and O–H groups in total. The molecule has 0 aliphatic rings. The summed E-state index contributed by atoms with van der Waals surface area (Å²) in [5.74, 6) is 1.63. The first-order valence-corrected chi connectivity index (χ1v) is 6.44. The first-order chi connectivity index (χ1) is 7.61. The number of unbranched alkanes of at least 4 members (excludes halogenated alkanes) is 1. The number of rotatable bonds is 10. The molecule has 0 aromatic carbocycles. The predicted molar refractivity (Wildman–Crippen MR) is 70.3 cm³/mol. The van der Waals surface area contributed by atoms with Gasteiger partial charge in [0, 0.05) is 12.8 Å². The van der Waals surface area contributed by atoms with Crippen molar-refractivity contribution in [2.45, 2.75) is 52.4 Å². The summed E-state index contributed by atoms with van der Waals surface area (Å²) in [6, 6.07) is 0. The Kier molecular flexibility index (Phi) is 9.21. The van der Waals surface area contributed by atoms with Crippen molar-refractivity contribution in [1.29, 1.82) is 0 Å². The zero-order valence-electron chi connectivity index (χ0n) is 10.9. The minimum absolute atomic E-state index is 0.393. The lowest BCUT2D eigenvalue weighted by atomic mass is 9.87. The molecule has 0 radical (unpaired) electrons. The van der Waals surface area contributed by atoms with Crippen LogP contribution in [0.1, 0.15) is 52.4 Å². The molecule has 0 fully saturated rings. The van der Waals surface area contributed by atoms with Gasteiger partial charge in [-0.25, -0.2) is 0 Å². The van der Waals surface area contributed by atoms with Crippen LogP contribution >= 0.6 is 0 Å². The number of Topliss-reactive ketones (excluding diaryl/α,β-unsaturated/α-hetero) is 1. The van der Waals surface area contributed by atoms with Gasteiger partial charge in [0.1, 0.15) is 5.78 Å². The number of carbonyl (C=O) groups is 1. The van der Waals surface area contributed by atoms with E-state index in [1.54, 1.807) is 0 Å². The zero-order valence-corrected chi connectivity index (χ0v) is 10.9. The van der Waals surface area contributed by atoms with Crippen LogP contribution in [0.4, 0.5) is 0 Å². The standard InChI is InChI=1S/C14H27NO/c1-4-5-6-7-14(16)9-8-13(10-11-15)12(2)3/h4,12-13H,1,5-11,15H2,2-3H3. The summed E-state index contributed by atoms with van der Waals surface area (Å²) in [6.45, 7) is 8.81. The quantitative estimate of drug-likeness (QED) is 0.458. The first kappa shape index (κ1) is 15.4. The van der Waals surface area contributed by atoms with Crippen LogP contribution in [0.25, 0.3) is 0 Å². The third-order valence-corrected chi connectivity index (χ3v) is 3.14. The third-order valence-electron chi connectivity index (χ3n) is 3.14. The molecule has 0 rings (SSSR count). The number of hydrogen-bond donors (Lipinski definition) is 1. The lowest BCUT2D eigenvalue weighted by molar-refractivity contribution is -0.119. The number of ketones is 1. The van der Waals surface area contributed by atoms with Gasteiger partial charge in [0.15, 0.2) is 0 Å². The Bertz CT molecular complexity index is 199. The summed E-state index contributed by atoms with van der Waals surface area (Å²) in [7, 11) is 0. The highest BCUT2D eigenvalue weighted by molar-refractivity contribution is 5.78. The van der Waals surface area contributed by atoms with Crippen LogP contribution in [-0.4, -0.2) is 12.3 Å². The summed E-state index contributed by atoms with van der Waals surface area (Å²) in [5, 5.41) is 0. The van der Waals surface area contributed by atoms with Crippen molar-refractivity contribution in [2.24, 2.45) is 17.6 Å². The largest absolute Gasteiger partial charge is 0.330 e. The fraction of sp³-hybridized carbons (Fsp3) is 0.786. The van der Waals surface area contributed by atoms with Gasteiger partial charge in [-0.15, -0.1) is 6.58 Å². The maximum absolute atomic E-state index is 11.6. The number of hydrogen-bond acceptors (Lipinski definition) is 2. The highest BCUT2D eigenvalue weighted by atomic mass is 16.1. The molecule has 1 atom stereocenters. The van der Waals surface area contributed by atoms with E-state index in [-0.39, 0.29) is 0 Å². The molecule has 2 heteroatoms. The highest BCUT2D eigenvalue weighted by Gasteiger charge is 2.14. The normalized spacial score (nSPS) is 12.8. The molecule has 1 unspecified atom stereocenters. The molecular weight excluding hydrogens is 198 g/mol. The van der Waals surface area contributed by atoms with E-state index in [0.29, 0.717) is 24.0 Å². The van der Waals surface area contributed by atoms with Crippen LogP contribution < -0.4 is 5.73 Å². The van der Waals surface area contributed by atoms with Gasteiger partial charge in [-0.3, -0.25) is 4.79 Å². The summed E-state index contributed by atoms with van der Waals surface area (Å²) in [4.78, 5) is 11.6. The van der Waals surface area contributed by atoms with E-state index in [4.69, 9.17) is 5.73 Å². The van der Waals surface area contributed by atoms with Crippen molar-refractivity contribution in [1.82, 2.24) is 0 Å². The molecule has 2 nitrogen and oxygen atoms in total. The molecule has 0 aliphatic carbocycles. The minimum atomic E-state index is 0.393. The SMILES string of the molecule is C=CCCCC(=O)CCC(CCN)C(C)C. The smallest absolute Gasteiger partial charge is 0.132 e. The third kappa shape index (κ3) is 7.63. The molecule has 0 spiro atoms. The maximum Gasteiger partial charge on any atom is 0.132 e. The van der Waals surface area contributed by atoms with Gasteiger partial charge in [-0.05, 0) is 44.1 Å². The molecule has 0 saturated heterocycles. The molecule has 0 amide bonds. The molecule has 0 aromatic rings. The van der Waals surface area contributed by atoms with E-state index in [9.17, 15) is 4.79 Å². The van der Waals surface area contributed by atoms with Crippen molar-refractivity contribution in [2.75, 3.05) is 6.54 Å². The van der Waals surface area contributed by atoms with E-state index in [1.165, 1.54) is 0 Å². The van der Waals surface area contributed by atoms with Crippen LogP contribution in [0.5, 0.6) is 0 Å². The molecule has 16 heavy (non-hydrogen) atoms. The average molecular weight is 225 g/mol. The van der Waals surface area contributed by atoms with Crippen LogP contribution in [0.2, 0.25) is 0 Å². The zero-order chi connectivity index (χ0) is 12.4. The lowest BCUT2D eigenvalue weighted by Crippen LogP contribution is -2.15. The van der Waals surface area contributed by atoms with Crippen LogP contribution in [0, 0.1) is 11.8 Å². The molecule has 94 valence electrons. The number of allylic oxidation sites excluding steroid dienone is 1. The summed E-state index contributed by atoms with van der Waals surface area (Å²) < 4.78 is 0. The second-order valence-corrected chi connectivity index (χ2v) is 4.84. The Morgan fingerprint density at radius 3 is 2.50 bits per heavy atom. The second kappa shape index (κ2) is 9.59. The van der Waals surface area contributed by atoms with E-state index in [1.807, 2.05) is 6.08 Å². The van der Waals surface area contributed by atoms with Gasteiger partial charge in [-0.1, -0.05) is 19.9 Å². The van der Waals surface area contributed by atoms with Crippen LogP contribution in [0.15, 0.2) is 12.7 Å².